The van der Waals surface area contributed by atoms with E-state index >= 15 is 0 Å². The number of alkyl halides is 3. The van der Waals surface area contributed by atoms with Gasteiger partial charge < -0.3 is 15.0 Å². The van der Waals surface area contributed by atoms with Crippen LogP contribution in [0.25, 0.3) is 22.0 Å². The summed E-state index contributed by atoms with van der Waals surface area (Å²) in [4.78, 5) is 5.15. The summed E-state index contributed by atoms with van der Waals surface area (Å²) < 4.78 is 44.4. The van der Waals surface area contributed by atoms with Gasteiger partial charge in [0.25, 0.3) is 0 Å². The Bertz CT molecular complexity index is 1570. The molecule has 0 amide bonds. The number of hydrogen-bond donors (Lipinski definition) is 1. The highest BCUT2D eigenvalue weighted by atomic mass is 35.5. The molecule has 2 N–H and O–H groups in total. The van der Waals surface area contributed by atoms with Crippen LogP contribution in [0.1, 0.15) is 43.2 Å². The van der Waals surface area contributed by atoms with Gasteiger partial charge in [-0.15, -0.1) is 25.6 Å². The van der Waals surface area contributed by atoms with Gasteiger partial charge in [-0.3, -0.25) is 9.80 Å². The van der Waals surface area contributed by atoms with E-state index in [-0.39, 0.29) is 18.2 Å². The minimum Gasteiger partial charge on any atom is -0.406 e. The number of benzene rings is 3. The molecule has 1 spiro atoms. The zero-order valence-corrected chi connectivity index (χ0v) is 26.9. The molecule has 4 aromatic rings. The van der Waals surface area contributed by atoms with E-state index in [2.05, 4.69) is 55.6 Å². The Balaban J connectivity index is 0.00000400. The summed E-state index contributed by atoms with van der Waals surface area (Å²) in [6.45, 7) is 7.56. The van der Waals surface area contributed by atoms with E-state index in [1.165, 1.54) is 48.9 Å². The first-order chi connectivity index (χ1) is 21.2. The summed E-state index contributed by atoms with van der Waals surface area (Å²) >= 11 is 6.47. The molecule has 242 valence electrons. The topological polar surface area (TPSA) is 46.7 Å². The molecule has 2 fully saturated rings. The maximum Gasteiger partial charge on any atom is 0.573 e. The van der Waals surface area contributed by atoms with E-state index in [0.717, 1.165) is 79.3 Å². The first-order valence-corrected chi connectivity index (χ1v) is 15.9. The second-order valence-electron chi connectivity index (χ2n) is 12.5. The van der Waals surface area contributed by atoms with Crippen LogP contribution in [0.2, 0.25) is 5.02 Å². The van der Waals surface area contributed by atoms with Crippen molar-refractivity contribution in [1.82, 2.24) is 14.4 Å². The van der Waals surface area contributed by atoms with Crippen LogP contribution in [-0.2, 0) is 19.6 Å². The highest BCUT2D eigenvalue weighted by molar-refractivity contribution is 6.31. The third-order valence-corrected chi connectivity index (χ3v) is 9.73. The highest BCUT2D eigenvalue weighted by Crippen LogP contribution is 2.41. The van der Waals surface area contributed by atoms with Gasteiger partial charge in [0.2, 0.25) is 0 Å². The number of nitrogens with two attached hydrogens (primary N) is 1. The summed E-state index contributed by atoms with van der Waals surface area (Å²) in [7, 11) is 0. The summed E-state index contributed by atoms with van der Waals surface area (Å²) in [5, 5.41) is 1.95. The largest absolute Gasteiger partial charge is 0.573 e. The molecule has 0 aliphatic carbocycles. The van der Waals surface area contributed by atoms with Crippen molar-refractivity contribution in [3.8, 4) is 16.9 Å². The lowest BCUT2D eigenvalue weighted by Crippen LogP contribution is -2.49. The van der Waals surface area contributed by atoms with Gasteiger partial charge in [0.1, 0.15) is 5.75 Å². The molecular weight excluding hydrogens is 620 g/mol. The van der Waals surface area contributed by atoms with Crippen molar-refractivity contribution in [2.24, 2.45) is 11.1 Å². The third kappa shape index (κ3) is 8.16. The zero-order valence-electron chi connectivity index (χ0n) is 25.4. The van der Waals surface area contributed by atoms with Crippen molar-refractivity contribution in [3.63, 3.8) is 0 Å². The molecule has 5 nitrogen and oxygen atoms in total. The number of halogens is 5. The second kappa shape index (κ2) is 14.3. The fourth-order valence-electron chi connectivity index (χ4n) is 7.12. The molecule has 1 aromatic heterocycles. The zero-order chi connectivity index (χ0) is 30.7. The fraction of sp³-hybridized carbons (Fsp3) is 0.429. The fourth-order valence-corrected chi connectivity index (χ4v) is 7.32. The number of rotatable bonds is 9. The molecule has 2 aliphatic heterocycles. The van der Waals surface area contributed by atoms with Gasteiger partial charge in [-0.1, -0.05) is 48.0 Å². The molecule has 2 saturated heterocycles. The molecule has 3 heterocycles. The normalized spacial score (nSPS) is 17.4. The maximum atomic E-state index is 12.7. The third-order valence-electron chi connectivity index (χ3n) is 9.36. The van der Waals surface area contributed by atoms with Crippen molar-refractivity contribution in [3.05, 3.63) is 89.1 Å². The summed E-state index contributed by atoms with van der Waals surface area (Å²) in [6.07, 6.45) is 3.13. The number of likely N-dealkylation sites (tertiary alicyclic amines) is 2. The molecule has 6 rings (SSSR count). The van der Waals surface area contributed by atoms with Gasteiger partial charge in [-0.05, 0) is 111 Å². The van der Waals surface area contributed by atoms with E-state index in [1.54, 1.807) is 12.1 Å². The van der Waals surface area contributed by atoms with Gasteiger partial charge in [-0.2, -0.15) is 0 Å². The smallest absolute Gasteiger partial charge is 0.406 e. The first-order valence-electron chi connectivity index (χ1n) is 15.6. The van der Waals surface area contributed by atoms with Crippen LogP contribution < -0.4 is 10.5 Å². The Labute approximate surface area is 274 Å². The molecule has 3 aromatic carbocycles. The molecule has 45 heavy (non-hydrogen) atoms. The Morgan fingerprint density at radius 1 is 0.889 bits per heavy atom. The maximum absolute atomic E-state index is 12.7. The Hall–Kier alpha value is -2.75. The van der Waals surface area contributed by atoms with Gasteiger partial charge >= 0.3 is 6.36 Å². The Morgan fingerprint density at radius 2 is 1.64 bits per heavy atom. The Kier molecular flexibility index (Phi) is 10.7. The number of ether oxygens (including phenoxy) is 1. The van der Waals surface area contributed by atoms with Crippen LogP contribution in [-0.4, -0.2) is 53.5 Å². The van der Waals surface area contributed by atoms with Gasteiger partial charge in [0.15, 0.2) is 0 Å². The average molecular weight is 662 g/mol. The van der Waals surface area contributed by atoms with Crippen molar-refractivity contribution in [2.45, 2.75) is 58.1 Å². The van der Waals surface area contributed by atoms with Crippen LogP contribution >= 0.6 is 24.0 Å². The minimum atomic E-state index is -4.71. The molecular formula is C35H41Cl2F3N4O. The van der Waals surface area contributed by atoms with Crippen LogP contribution in [0.3, 0.4) is 0 Å². The van der Waals surface area contributed by atoms with E-state index in [1.807, 2.05) is 12.1 Å². The predicted molar refractivity (Wildman–Crippen MR) is 178 cm³/mol. The highest BCUT2D eigenvalue weighted by Gasteiger charge is 2.38. The molecule has 0 atom stereocenters. The average Bonchev–Trinajstić information content (AvgIpc) is 3.36. The lowest BCUT2D eigenvalue weighted by molar-refractivity contribution is -0.274. The van der Waals surface area contributed by atoms with Crippen LogP contribution in [0.15, 0.2) is 72.9 Å². The van der Waals surface area contributed by atoms with E-state index in [0.29, 0.717) is 12.0 Å². The van der Waals surface area contributed by atoms with Gasteiger partial charge in [0, 0.05) is 53.9 Å². The van der Waals surface area contributed by atoms with Gasteiger partial charge in [0.05, 0.1) is 0 Å². The number of aromatic nitrogens is 1. The molecule has 0 radical (unpaired) electrons. The standard InChI is InChI=1S/C35H40ClF3N4O.ClH/c36-32-6-2-1-5-28(32)23-42-17-3-13-34(25-42)14-19-41(20-15-34)22-26-7-12-33-30(21-26)31(24-43(33)18-4-16-40)27-8-10-29(11-9-27)44-35(37,38)39;/h1-2,5-12,21,24H,3-4,13-20,22-23,25,40H2;1H. The number of nitrogens with zero attached hydrogens (tertiary/aromatic N) is 3. The second-order valence-corrected chi connectivity index (χ2v) is 12.9. The summed E-state index contributed by atoms with van der Waals surface area (Å²) in [5.74, 6) is -0.221. The lowest BCUT2D eigenvalue weighted by Gasteiger charge is -2.48. The molecule has 0 saturated carbocycles. The summed E-state index contributed by atoms with van der Waals surface area (Å²) in [6, 6.07) is 20.9. The van der Waals surface area contributed by atoms with Crippen molar-refractivity contribution < 1.29 is 17.9 Å². The first kappa shape index (κ1) is 33.6. The summed E-state index contributed by atoms with van der Waals surface area (Å²) in [5.41, 5.74) is 11.6. The SMILES string of the molecule is Cl.NCCCn1cc(-c2ccc(OC(F)(F)F)cc2)c2cc(CN3CCC4(CCCN(Cc5ccccc5Cl)C4)CC3)ccc21. The quantitative estimate of drug-likeness (QED) is 0.196. The molecule has 0 unspecified atom stereocenters. The number of aryl methyl sites for hydroxylation is 1. The van der Waals surface area contributed by atoms with E-state index in [4.69, 9.17) is 17.3 Å². The van der Waals surface area contributed by atoms with Crippen LogP contribution in [0.4, 0.5) is 13.2 Å². The van der Waals surface area contributed by atoms with Crippen molar-refractivity contribution in [1.29, 1.82) is 0 Å². The molecule has 2 aliphatic rings. The number of piperidine rings is 2. The predicted octanol–water partition coefficient (Wildman–Crippen LogP) is 8.51. The van der Waals surface area contributed by atoms with E-state index < -0.39 is 6.36 Å². The van der Waals surface area contributed by atoms with Crippen molar-refractivity contribution >= 4 is 34.9 Å². The number of fused-ring (bicyclic) bond motifs is 1. The lowest BCUT2D eigenvalue weighted by atomic mass is 9.72. The minimum absolute atomic E-state index is 0. The van der Waals surface area contributed by atoms with E-state index in [9.17, 15) is 13.2 Å². The van der Waals surface area contributed by atoms with Crippen LogP contribution in [0.5, 0.6) is 5.75 Å². The number of hydrogen-bond acceptors (Lipinski definition) is 4. The monoisotopic (exact) mass is 660 g/mol. The Morgan fingerprint density at radius 3 is 2.36 bits per heavy atom. The van der Waals surface area contributed by atoms with Crippen molar-refractivity contribution in [2.75, 3.05) is 32.7 Å². The van der Waals surface area contributed by atoms with Gasteiger partial charge in [-0.25, -0.2) is 0 Å². The molecule has 10 heteroatoms. The molecule has 0 bridgehead atoms. The van der Waals surface area contributed by atoms with Crippen LogP contribution in [0, 0.1) is 5.41 Å².